The van der Waals surface area contributed by atoms with Gasteiger partial charge in [-0.05, 0) is 17.7 Å². The second kappa shape index (κ2) is 5.06. The first-order valence-electron chi connectivity index (χ1n) is 8.37. The summed E-state index contributed by atoms with van der Waals surface area (Å²) in [7, 11) is 2.04. The second-order valence-electron chi connectivity index (χ2n) is 6.79. The van der Waals surface area contributed by atoms with Crippen molar-refractivity contribution in [2.24, 2.45) is 0 Å². The van der Waals surface area contributed by atoms with Gasteiger partial charge in [-0.3, -0.25) is 4.79 Å². The van der Waals surface area contributed by atoms with Gasteiger partial charge in [-0.15, -0.1) is 0 Å². The molecule has 1 aliphatic carbocycles. The van der Waals surface area contributed by atoms with Crippen LogP contribution in [0.25, 0.3) is 0 Å². The molecule has 0 aromatic heterocycles. The summed E-state index contributed by atoms with van der Waals surface area (Å²) < 4.78 is 6.29. The zero-order chi connectivity index (χ0) is 16.3. The maximum atomic E-state index is 12.4. The molecule has 1 aromatic rings. The van der Waals surface area contributed by atoms with Crippen molar-refractivity contribution < 1.29 is 9.53 Å². The number of ether oxygens (including phenoxy) is 1. The molecule has 1 fully saturated rings. The van der Waals surface area contributed by atoms with Crippen molar-refractivity contribution in [3.8, 4) is 5.75 Å². The van der Waals surface area contributed by atoms with Crippen LogP contribution < -0.4 is 15.5 Å². The third-order valence-corrected chi connectivity index (χ3v) is 5.24. The number of amides is 1. The van der Waals surface area contributed by atoms with Crippen molar-refractivity contribution in [2.45, 2.75) is 24.4 Å². The SMILES string of the molecule is CN1CC2C3=C4C(=CC=CC4NC(=O)CC3N1)Oc1ccccc12. The number of allylic oxidation sites excluding steroid dienone is 2. The molecule has 3 aliphatic heterocycles. The fourth-order valence-corrected chi connectivity index (χ4v) is 4.32. The maximum absolute atomic E-state index is 12.4. The van der Waals surface area contributed by atoms with Crippen molar-refractivity contribution in [3.05, 3.63) is 65.0 Å². The van der Waals surface area contributed by atoms with Gasteiger partial charge in [0.2, 0.25) is 5.91 Å². The van der Waals surface area contributed by atoms with Crippen LogP contribution in [0.4, 0.5) is 0 Å². The minimum absolute atomic E-state index is 0.00148. The van der Waals surface area contributed by atoms with E-state index in [2.05, 4.69) is 27.9 Å². The van der Waals surface area contributed by atoms with Crippen LogP contribution in [-0.2, 0) is 4.79 Å². The summed E-state index contributed by atoms with van der Waals surface area (Å²) in [6.45, 7) is 0.855. The quantitative estimate of drug-likeness (QED) is 0.762. The summed E-state index contributed by atoms with van der Waals surface area (Å²) in [5, 5.41) is 5.22. The largest absolute Gasteiger partial charge is 0.457 e. The Hall–Kier alpha value is -2.37. The van der Waals surface area contributed by atoms with E-state index in [1.54, 1.807) is 0 Å². The molecule has 5 heteroatoms. The Morgan fingerprint density at radius 2 is 2.17 bits per heavy atom. The summed E-state index contributed by atoms with van der Waals surface area (Å²) in [4.78, 5) is 12.4. The van der Waals surface area contributed by atoms with Crippen LogP contribution in [0, 0.1) is 0 Å². The van der Waals surface area contributed by atoms with E-state index in [-0.39, 0.29) is 23.9 Å². The van der Waals surface area contributed by atoms with Crippen LogP contribution in [0.5, 0.6) is 5.75 Å². The molecule has 3 unspecified atom stereocenters. The van der Waals surface area contributed by atoms with Crippen molar-refractivity contribution in [2.75, 3.05) is 13.6 Å². The van der Waals surface area contributed by atoms with Crippen LogP contribution >= 0.6 is 0 Å². The second-order valence-corrected chi connectivity index (χ2v) is 6.79. The summed E-state index contributed by atoms with van der Waals surface area (Å²) >= 11 is 0. The Kier molecular flexibility index (Phi) is 2.96. The Balaban J connectivity index is 1.78. The van der Waals surface area contributed by atoms with Gasteiger partial charge in [0.15, 0.2) is 0 Å². The van der Waals surface area contributed by atoms with Crippen LogP contribution in [0.3, 0.4) is 0 Å². The molecule has 1 aromatic carbocycles. The van der Waals surface area contributed by atoms with Gasteiger partial charge in [0, 0.05) is 37.1 Å². The van der Waals surface area contributed by atoms with Crippen LogP contribution in [0.15, 0.2) is 59.4 Å². The lowest BCUT2D eigenvalue weighted by atomic mass is 9.79. The molecule has 0 bridgehead atoms. The van der Waals surface area contributed by atoms with Crippen LogP contribution in [0.1, 0.15) is 17.9 Å². The summed E-state index contributed by atoms with van der Waals surface area (Å²) in [6.07, 6.45) is 6.46. The van der Waals surface area contributed by atoms with Crippen molar-refractivity contribution >= 4 is 5.91 Å². The highest BCUT2D eigenvalue weighted by atomic mass is 16.5. The van der Waals surface area contributed by atoms with Gasteiger partial charge < -0.3 is 10.1 Å². The van der Waals surface area contributed by atoms with Crippen LogP contribution in [0.2, 0.25) is 0 Å². The van der Waals surface area contributed by atoms with Crippen molar-refractivity contribution in [1.82, 2.24) is 15.8 Å². The van der Waals surface area contributed by atoms with Gasteiger partial charge in [-0.1, -0.05) is 30.4 Å². The van der Waals surface area contributed by atoms with E-state index in [9.17, 15) is 4.79 Å². The number of carbonyl (C=O) groups excluding carboxylic acids is 1. The number of rotatable bonds is 0. The molecule has 122 valence electrons. The fraction of sp³-hybridized carbons (Fsp3) is 0.316. The van der Waals surface area contributed by atoms with Crippen molar-refractivity contribution in [3.63, 3.8) is 0 Å². The van der Waals surface area contributed by atoms with E-state index in [0.717, 1.165) is 23.6 Å². The molecule has 5 rings (SSSR count). The fourth-order valence-electron chi connectivity index (χ4n) is 4.32. The predicted octanol–water partition coefficient (Wildman–Crippen LogP) is 1.62. The average Bonchev–Trinajstić information content (AvgIpc) is 2.79. The summed E-state index contributed by atoms with van der Waals surface area (Å²) in [6, 6.07) is 8.13. The third kappa shape index (κ3) is 1.98. The van der Waals surface area contributed by atoms with Gasteiger partial charge in [0.1, 0.15) is 11.5 Å². The van der Waals surface area contributed by atoms with Gasteiger partial charge >= 0.3 is 0 Å². The van der Waals surface area contributed by atoms with E-state index in [1.165, 1.54) is 11.1 Å². The minimum Gasteiger partial charge on any atom is -0.457 e. The first-order chi connectivity index (χ1) is 11.7. The zero-order valence-corrected chi connectivity index (χ0v) is 13.5. The maximum Gasteiger partial charge on any atom is 0.222 e. The number of benzene rings is 1. The molecule has 1 amide bonds. The van der Waals surface area contributed by atoms with E-state index in [0.29, 0.717) is 6.42 Å². The molecule has 0 spiro atoms. The van der Waals surface area contributed by atoms with Gasteiger partial charge in [0.05, 0.1) is 12.1 Å². The molecule has 3 heterocycles. The van der Waals surface area contributed by atoms with Crippen molar-refractivity contribution in [1.29, 1.82) is 0 Å². The number of hydrogen-bond acceptors (Lipinski definition) is 4. The van der Waals surface area contributed by atoms with E-state index in [4.69, 9.17) is 4.74 Å². The van der Waals surface area contributed by atoms with Crippen LogP contribution in [-0.4, -0.2) is 36.6 Å². The minimum atomic E-state index is -0.112. The number of nitrogens with zero attached hydrogens (tertiary/aromatic N) is 1. The molecule has 3 atom stereocenters. The molecule has 0 radical (unpaired) electrons. The first-order valence-corrected chi connectivity index (χ1v) is 8.37. The molecule has 4 aliphatic rings. The molecular weight excluding hydrogens is 302 g/mol. The molecule has 2 N–H and O–H groups in total. The van der Waals surface area contributed by atoms with Gasteiger partial charge in [-0.25, -0.2) is 10.4 Å². The first kappa shape index (κ1) is 14.0. The lowest BCUT2D eigenvalue weighted by Crippen LogP contribution is -2.52. The Labute approximate surface area is 140 Å². The molecule has 0 saturated carbocycles. The molecule has 1 saturated heterocycles. The lowest BCUT2D eigenvalue weighted by molar-refractivity contribution is -0.121. The normalized spacial score (nSPS) is 31.1. The Morgan fingerprint density at radius 1 is 1.29 bits per heavy atom. The number of hydrazine groups is 1. The smallest absolute Gasteiger partial charge is 0.222 e. The molecule has 5 nitrogen and oxygen atoms in total. The van der Waals surface area contributed by atoms with E-state index in [1.807, 2.05) is 37.4 Å². The Bertz CT molecular complexity index is 824. The van der Waals surface area contributed by atoms with Gasteiger partial charge in [-0.2, -0.15) is 0 Å². The topological polar surface area (TPSA) is 53.6 Å². The predicted molar refractivity (Wildman–Crippen MR) is 90.2 cm³/mol. The number of para-hydroxylation sites is 1. The molecule has 24 heavy (non-hydrogen) atoms. The third-order valence-electron chi connectivity index (χ3n) is 5.24. The number of fused-ring (bicyclic) bond motifs is 2. The number of hydrogen-bond donors (Lipinski definition) is 2. The van der Waals surface area contributed by atoms with E-state index >= 15 is 0 Å². The Morgan fingerprint density at radius 3 is 3.08 bits per heavy atom. The standard InChI is InChI=1S/C19H19N3O2/c1-22-10-12-11-5-2-3-7-15(11)24-16-8-4-6-13-19(16)18(12)14(21-22)9-17(23)20-13/h2-8,12-14,21H,9-10H2,1H3,(H,20,23). The highest BCUT2D eigenvalue weighted by Gasteiger charge is 2.43. The highest BCUT2D eigenvalue weighted by Crippen LogP contribution is 2.45. The summed E-state index contributed by atoms with van der Waals surface area (Å²) in [5.74, 6) is 2.06. The number of nitrogens with one attached hydrogen (secondary N) is 2. The highest BCUT2D eigenvalue weighted by molar-refractivity contribution is 5.80. The van der Waals surface area contributed by atoms with Gasteiger partial charge in [0.25, 0.3) is 0 Å². The monoisotopic (exact) mass is 321 g/mol. The lowest BCUT2D eigenvalue weighted by Gasteiger charge is -2.39. The number of likely N-dealkylation sites (N-methyl/N-ethyl adjacent to an activating group) is 1. The zero-order valence-electron chi connectivity index (χ0n) is 13.5. The number of carbonyl (C=O) groups is 1. The van der Waals surface area contributed by atoms with E-state index < -0.39 is 0 Å². The molecular formula is C19H19N3O2. The average molecular weight is 321 g/mol. The summed E-state index contributed by atoms with van der Waals surface area (Å²) in [5.41, 5.74) is 7.08.